The van der Waals surface area contributed by atoms with Crippen molar-refractivity contribution in [3.63, 3.8) is 0 Å². The molecule has 110 valence electrons. The van der Waals surface area contributed by atoms with Crippen LogP contribution in [0.1, 0.15) is 18.4 Å². The summed E-state index contributed by atoms with van der Waals surface area (Å²) < 4.78 is 36.9. The Labute approximate surface area is 115 Å². The normalized spacial score (nSPS) is 17.2. The van der Waals surface area contributed by atoms with Gasteiger partial charge in [0.1, 0.15) is 0 Å². The third kappa shape index (κ3) is 3.65. The minimum Gasteiger partial charge on any atom is -0.399 e. The van der Waals surface area contributed by atoms with Crippen LogP contribution in [0.15, 0.2) is 24.3 Å². The van der Waals surface area contributed by atoms with Crippen molar-refractivity contribution in [3.05, 3.63) is 29.8 Å². The van der Waals surface area contributed by atoms with Crippen LogP contribution in [0.25, 0.3) is 0 Å². The van der Waals surface area contributed by atoms with Crippen molar-refractivity contribution in [3.8, 4) is 0 Å². The van der Waals surface area contributed by atoms with Gasteiger partial charge in [-0.25, -0.2) is 0 Å². The number of piperidine rings is 1. The number of carbonyl (C=O) groups excluding carboxylic acids is 1. The summed E-state index contributed by atoms with van der Waals surface area (Å²) in [6.07, 6.45) is -2.74. The summed E-state index contributed by atoms with van der Waals surface area (Å²) in [6, 6.07) is 7.50. The number of amides is 1. The standard InChI is InChI=1S/C14H17F3N2O/c15-14(16,17)13(20)19-7-5-11(6-8-19)9-10-1-3-12(18)4-2-10/h1-4,11H,5-9,18H2. The van der Waals surface area contributed by atoms with Gasteiger partial charge in [0.05, 0.1) is 0 Å². The minimum absolute atomic E-state index is 0.179. The van der Waals surface area contributed by atoms with Gasteiger partial charge in [-0.3, -0.25) is 4.79 Å². The van der Waals surface area contributed by atoms with Gasteiger partial charge in [-0.1, -0.05) is 12.1 Å². The van der Waals surface area contributed by atoms with Crippen LogP contribution in [0, 0.1) is 5.92 Å². The molecule has 3 nitrogen and oxygen atoms in total. The van der Waals surface area contributed by atoms with E-state index in [1.54, 1.807) is 0 Å². The van der Waals surface area contributed by atoms with Gasteiger partial charge in [0.25, 0.3) is 0 Å². The van der Waals surface area contributed by atoms with E-state index in [9.17, 15) is 18.0 Å². The van der Waals surface area contributed by atoms with E-state index in [0.717, 1.165) is 16.9 Å². The van der Waals surface area contributed by atoms with Crippen LogP contribution < -0.4 is 5.73 Å². The highest BCUT2D eigenvalue weighted by atomic mass is 19.4. The fourth-order valence-electron chi connectivity index (χ4n) is 2.51. The molecule has 0 aromatic heterocycles. The quantitative estimate of drug-likeness (QED) is 0.849. The number of rotatable bonds is 2. The Morgan fingerprint density at radius 2 is 1.75 bits per heavy atom. The summed E-state index contributed by atoms with van der Waals surface area (Å²) in [7, 11) is 0. The first kappa shape index (κ1) is 14.7. The highest BCUT2D eigenvalue weighted by molar-refractivity contribution is 5.81. The molecular formula is C14H17F3N2O. The van der Waals surface area contributed by atoms with Crippen LogP contribution in [0.3, 0.4) is 0 Å². The molecule has 0 radical (unpaired) electrons. The van der Waals surface area contributed by atoms with Gasteiger partial charge in [0.15, 0.2) is 0 Å². The smallest absolute Gasteiger partial charge is 0.399 e. The fourth-order valence-corrected chi connectivity index (χ4v) is 2.51. The van der Waals surface area contributed by atoms with Crippen LogP contribution >= 0.6 is 0 Å². The van der Waals surface area contributed by atoms with E-state index >= 15 is 0 Å². The molecule has 2 N–H and O–H groups in total. The molecule has 1 heterocycles. The van der Waals surface area contributed by atoms with Gasteiger partial charge >= 0.3 is 12.1 Å². The SMILES string of the molecule is Nc1ccc(CC2CCN(C(=O)C(F)(F)F)CC2)cc1. The first-order chi connectivity index (χ1) is 9.36. The molecule has 0 unspecified atom stereocenters. The topological polar surface area (TPSA) is 46.3 Å². The van der Waals surface area contributed by atoms with Gasteiger partial charge in [-0.05, 0) is 42.9 Å². The Morgan fingerprint density at radius 1 is 1.20 bits per heavy atom. The lowest BCUT2D eigenvalue weighted by molar-refractivity contribution is -0.186. The Balaban J connectivity index is 1.85. The minimum atomic E-state index is -4.76. The summed E-state index contributed by atoms with van der Waals surface area (Å²) in [5.41, 5.74) is 7.42. The second-order valence-corrected chi connectivity index (χ2v) is 5.18. The molecule has 0 spiro atoms. The number of likely N-dealkylation sites (tertiary alicyclic amines) is 1. The Morgan fingerprint density at radius 3 is 2.25 bits per heavy atom. The predicted molar refractivity (Wildman–Crippen MR) is 69.9 cm³/mol. The Hall–Kier alpha value is -1.72. The van der Waals surface area contributed by atoms with E-state index in [-0.39, 0.29) is 13.1 Å². The molecule has 0 aliphatic carbocycles. The second-order valence-electron chi connectivity index (χ2n) is 5.18. The van der Waals surface area contributed by atoms with Crippen molar-refractivity contribution in [2.75, 3.05) is 18.8 Å². The van der Waals surface area contributed by atoms with Crippen LogP contribution in [0.4, 0.5) is 18.9 Å². The number of halogens is 3. The van der Waals surface area contributed by atoms with Crippen LogP contribution in [0.2, 0.25) is 0 Å². The van der Waals surface area contributed by atoms with E-state index in [0.29, 0.717) is 24.4 Å². The van der Waals surface area contributed by atoms with Gasteiger partial charge < -0.3 is 10.6 Å². The summed E-state index contributed by atoms with van der Waals surface area (Å²) >= 11 is 0. The molecule has 1 amide bonds. The number of benzene rings is 1. The maximum absolute atomic E-state index is 12.3. The number of hydrogen-bond acceptors (Lipinski definition) is 2. The molecule has 0 saturated carbocycles. The van der Waals surface area contributed by atoms with Crippen molar-refractivity contribution < 1.29 is 18.0 Å². The number of carbonyl (C=O) groups is 1. The van der Waals surface area contributed by atoms with Gasteiger partial charge in [-0.2, -0.15) is 13.2 Å². The number of anilines is 1. The average molecular weight is 286 g/mol. The Bertz CT molecular complexity index is 462. The maximum atomic E-state index is 12.3. The number of nitrogens with two attached hydrogens (primary N) is 1. The average Bonchev–Trinajstić information content (AvgIpc) is 2.40. The Kier molecular flexibility index (Phi) is 4.20. The molecule has 20 heavy (non-hydrogen) atoms. The molecule has 1 saturated heterocycles. The summed E-state index contributed by atoms with van der Waals surface area (Å²) in [4.78, 5) is 12.0. The number of nitrogen functional groups attached to an aromatic ring is 1. The molecule has 1 aliphatic heterocycles. The molecule has 1 aliphatic rings. The summed E-state index contributed by atoms with van der Waals surface area (Å²) in [5, 5.41) is 0. The molecule has 2 rings (SSSR count). The molecule has 0 bridgehead atoms. The number of hydrogen-bond donors (Lipinski definition) is 1. The van der Waals surface area contributed by atoms with Gasteiger partial charge in [-0.15, -0.1) is 0 Å². The lowest BCUT2D eigenvalue weighted by Crippen LogP contribution is -2.45. The zero-order valence-electron chi connectivity index (χ0n) is 11.0. The van der Waals surface area contributed by atoms with Crippen molar-refractivity contribution >= 4 is 11.6 Å². The van der Waals surface area contributed by atoms with Crippen molar-refractivity contribution in [1.29, 1.82) is 0 Å². The lowest BCUT2D eigenvalue weighted by Gasteiger charge is -2.32. The summed E-state index contributed by atoms with van der Waals surface area (Å²) in [6.45, 7) is 0.357. The second kappa shape index (κ2) is 5.73. The highest BCUT2D eigenvalue weighted by Crippen LogP contribution is 2.26. The molecule has 6 heteroatoms. The van der Waals surface area contributed by atoms with E-state index in [1.807, 2.05) is 24.3 Å². The summed E-state index contributed by atoms with van der Waals surface area (Å²) in [5.74, 6) is -1.40. The molecule has 1 aromatic rings. The first-order valence-electron chi connectivity index (χ1n) is 6.57. The van der Waals surface area contributed by atoms with Crippen molar-refractivity contribution in [2.45, 2.75) is 25.4 Å². The first-order valence-corrected chi connectivity index (χ1v) is 6.57. The molecule has 0 atom stereocenters. The molecular weight excluding hydrogens is 269 g/mol. The van der Waals surface area contributed by atoms with Gasteiger partial charge in [0, 0.05) is 18.8 Å². The molecule has 1 aromatic carbocycles. The predicted octanol–water partition coefficient (Wildman–Crippen LogP) is 2.61. The van der Waals surface area contributed by atoms with Crippen LogP contribution in [-0.4, -0.2) is 30.1 Å². The largest absolute Gasteiger partial charge is 0.471 e. The van der Waals surface area contributed by atoms with E-state index < -0.39 is 12.1 Å². The van der Waals surface area contributed by atoms with Crippen LogP contribution in [0.5, 0.6) is 0 Å². The third-order valence-corrected chi connectivity index (χ3v) is 3.65. The number of alkyl halides is 3. The van der Waals surface area contributed by atoms with E-state index in [1.165, 1.54) is 0 Å². The third-order valence-electron chi connectivity index (χ3n) is 3.65. The lowest BCUT2D eigenvalue weighted by atomic mass is 9.90. The zero-order chi connectivity index (χ0) is 14.8. The number of nitrogens with zero attached hydrogens (tertiary/aromatic N) is 1. The van der Waals surface area contributed by atoms with E-state index in [4.69, 9.17) is 5.73 Å². The van der Waals surface area contributed by atoms with Crippen molar-refractivity contribution in [2.24, 2.45) is 5.92 Å². The maximum Gasteiger partial charge on any atom is 0.471 e. The van der Waals surface area contributed by atoms with Gasteiger partial charge in [0.2, 0.25) is 0 Å². The zero-order valence-corrected chi connectivity index (χ0v) is 11.0. The fraction of sp³-hybridized carbons (Fsp3) is 0.500. The monoisotopic (exact) mass is 286 g/mol. The van der Waals surface area contributed by atoms with Crippen LogP contribution in [-0.2, 0) is 11.2 Å². The van der Waals surface area contributed by atoms with Crippen molar-refractivity contribution in [1.82, 2.24) is 4.90 Å². The van der Waals surface area contributed by atoms with E-state index in [2.05, 4.69) is 0 Å². The molecule has 1 fully saturated rings. The highest BCUT2D eigenvalue weighted by Gasteiger charge is 2.43.